The molecule has 0 spiro atoms. The van der Waals surface area contributed by atoms with Crippen LogP contribution in [-0.2, 0) is 21.6 Å². The summed E-state index contributed by atoms with van der Waals surface area (Å²) in [7, 11) is 0. The second kappa shape index (κ2) is 12.9. The van der Waals surface area contributed by atoms with Crippen LogP contribution < -0.4 is 4.74 Å². The lowest BCUT2D eigenvalue weighted by Crippen LogP contribution is -2.14. The number of hydrogen-bond donors (Lipinski definition) is 1. The van der Waals surface area contributed by atoms with Crippen molar-refractivity contribution in [2.24, 2.45) is 4.99 Å². The summed E-state index contributed by atoms with van der Waals surface area (Å²) < 4.78 is 12.1. The zero-order valence-corrected chi connectivity index (χ0v) is 26.1. The fourth-order valence-electron chi connectivity index (χ4n) is 4.01. The number of ether oxygens (including phenoxy) is 2. The molecule has 1 amide bonds. The van der Waals surface area contributed by atoms with Gasteiger partial charge in [-0.3, -0.25) is 4.79 Å². The van der Waals surface area contributed by atoms with Gasteiger partial charge in [-0.2, -0.15) is 0 Å². The molecule has 0 saturated carbocycles. The lowest BCUT2D eigenvalue weighted by molar-refractivity contribution is -0.138. The number of amides is 1. The van der Waals surface area contributed by atoms with Gasteiger partial charge < -0.3 is 14.6 Å². The van der Waals surface area contributed by atoms with Gasteiger partial charge in [-0.1, -0.05) is 90.4 Å². The number of esters is 1. The number of carbonyl (C=O) groups excluding carboxylic acids is 2. The molecule has 212 valence electrons. The number of hydrogen-bond acceptors (Lipinski definition) is 6. The molecule has 0 fully saturated rings. The van der Waals surface area contributed by atoms with E-state index in [9.17, 15) is 14.7 Å². The first kappa shape index (κ1) is 30.3. The van der Waals surface area contributed by atoms with Gasteiger partial charge in [0.05, 0.1) is 11.5 Å². The highest BCUT2D eigenvalue weighted by atomic mass is 79.9. The van der Waals surface area contributed by atoms with E-state index >= 15 is 0 Å². The molecule has 1 aliphatic rings. The second-order valence-electron chi connectivity index (χ2n) is 10.6. The maximum Gasteiger partial charge on any atom is 0.344 e. The molecular weight excluding hydrogens is 602 g/mol. The Kier molecular flexibility index (Phi) is 9.56. The normalized spacial score (nSPS) is 15.5. The predicted molar refractivity (Wildman–Crippen MR) is 168 cm³/mol. The number of aliphatic hydroxyl groups excluding tert-OH is 1. The third-order valence-electron chi connectivity index (χ3n) is 6.34. The molecule has 1 heterocycles. The van der Waals surface area contributed by atoms with Crippen molar-refractivity contribution in [2.75, 3.05) is 6.61 Å². The number of nitrogens with zero attached hydrogens (tertiary/aromatic N) is 1. The molecule has 0 bridgehead atoms. The molecule has 1 N–H and O–H groups in total. The summed E-state index contributed by atoms with van der Waals surface area (Å²) >= 11 is 4.53. The average Bonchev–Trinajstić information content (AvgIpc) is 3.22. The molecule has 3 aromatic carbocycles. The largest absolute Gasteiger partial charge is 0.506 e. The summed E-state index contributed by atoms with van der Waals surface area (Å²) in [5, 5.41) is 11.2. The van der Waals surface area contributed by atoms with Gasteiger partial charge in [-0.15, -0.1) is 0 Å². The zero-order chi connectivity index (χ0) is 29.7. The minimum atomic E-state index is -0.749. The van der Waals surface area contributed by atoms with E-state index in [-0.39, 0.29) is 28.4 Å². The molecule has 0 unspecified atom stereocenters. The van der Waals surface area contributed by atoms with Crippen LogP contribution in [-0.4, -0.2) is 28.6 Å². The van der Waals surface area contributed by atoms with Gasteiger partial charge in [0.1, 0.15) is 28.7 Å². The van der Waals surface area contributed by atoms with Crippen LogP contribution in [0.15, 0.2) is 92.4 Å². The van der Waals surface area contributed by atoms with Gasteiger partial charge in [0.25, 0.3) is 5.91 Å². The molecule has 0 atom stereocenters. The Bertz CT molecular complexity index is 1550. The van der Waals surface area contributed by atoms with Gasteiger partial charge in [-0.25, -0.2) is 9.79 Å². The Hall–Kier alpha value is -3.62. The summed E-state index contributed by atoms with van der Waals surface area (Å²) in [6, 6.07) is 20.8. The van der Waals surface area contributed by atoms with Crippen LogP contribution in [0, 0.1) is 6.92 Å². The highest BCUT2D eigenvalue weighted by molar-refractivity contribution is 9.10. The van der Waals surface area contributed by atoms with E-state index in [1.807, 2.05) is 61.5 Å². The first-order valence-electron chi connectivity index (χ1n) is 13.2. The summed E-state index contributed by atoms with van der Waals surface area (Å²) in [6.45, 7) is 10.4. The number of rotatable bonds is 7. The van der Waals surface area contributed by atoms with Crippen LogP contribution >= 0.6 is 27.7 Å². The smallest absolute Gasteiger partial charge is 0.344 e. The highest BCUT2D eigenvalue weighted by Crippen LogP contribution is 2.41. The number of aryl methyl sites for hydroxylation is 1. The van der Waals surface area contributed by atoms with Crippen LogP contribution in [0.5, 0.6) is 5.75 Å². The Morgan fingerprint density at radius 2 is 1.71 bits per heavy atom. The Morgan fingerprint density at radius 1 is 1.02 bits per heavy atom. The van der Waals surface area contributed by atoms with E-state index < -0.39 is 11.9 Å². The standard InChI is InChI=1S/C33H32BrNO5S/c1-6-39-32(38)28-29(36)27(41-31(28)35-30(37)22-11-13-24(14-12-22)33(3,4)5)18-23-17-25(34)15-16-26(23)40-19-21-9-7-20(2)8-10-21/h7-18,36H,6,19H2,1-5H3/b27-18-,35-31?. The van der Waals surface area contributed by atoms with Crippen molar-refractivity contribution in [3.63, 3.8) is 0 Å². The lowest BCUT2D eigenvalue weighted by Gasteiger charge is -2.18. The van der Waals surface area contributed by atoms with Crippen LogP contribution in [0.3, 0.4) is 0 Å². The summed E-state index contributed by atoms with van der Waals surface area (Å²) in [5.41, 5.74) is 4.12. The van der Waals surface area contributed by atoms with E-state index in [4.69, 9.17) is 9.47 Å². The summed E-state index contributed by atoms with van der Waals surface area (Å²) in [6.07, 6.45) is 1.71. The first-order chi connectivity index (χ1) is 19.5. The SMILES string of the molecule is CCOC(=O)C1=C(O)/C(=C/c2cc(Br)ccc2OCc2ccc(C)cc2)SC1=NC(=O)c1ccc(C(C)(C)C)cc1. The van der Waals surface area contributed by atoms with E-state index in [0.717, 1.165) is 27.4 Å². The summed E-state index contributed by atoms with van der Waals surface area (Å²) in [4.78, 5) is 30.5. The van der Waals surface area contributed by atoms with E-state index in [1.165, 1.54) is 5.56 Å². The second-order valence-corrected chi connectivity index (χ2v) is 12.5. The topological polar surface area (TPSA) is 85.2 Å². The van der Waals surface area contributed by atoms with Crippen LogP contribution in [0.25, 0.3) is 6.08 Å². The predicted octanol–water partition coefficient (Wildman–Crippen LogP) is 8.34. The molecule has 0 radical (unpaired) electrons. The molecular formula is C33H32BrNO5S. The Balaban J connectivity index is 1.66. The van der Waals surface area contributed by atoms with Gasteiger partial charge in [0.2, 0.25) is 0 Å². The average molecular weight is 635 g/mol. The van der Waals surface area contributed by atoms with Crippen molar-refractivity contribution in [3.05, 3.63) is 115 Å². The Morgan fingerprint density at radius 3 is 2.34 bits per heavy atom. The van der Waals surface area contributed by atoms with Crippen LogP contribution in [0.2, 0.25) is 0 Å². The van der Waals surface area contributed by atoms with E-state index in [1.54, 1.807) is 25.1 Å². The first-order valence-corrected chi connectivity index (χ1v) is 14.8. The minimum absolute atomic E-state index is 0.0603. The van der Waals surface area contributed by atoms with Crippen molar-refractivity contribution in [3.8, 4) is 5.75 Å². The quantitative estimate of drug-likeness (QED) is 0.263. The molecule has 3 aromatic rings. The third-order valence-corrected chi connectivity index (χ3v) is 7.86. The number of benzene rings is 3. The fourth-order valence-corrected chi connectivity index (χ4v) is 5.39. The zero-order valence-electron chi connectivity index (χ0n) is 23.7. The monoisotopic (exact) mass is 633 g/mol. The fraction of sp³-hybridized carbons (Fsp3) is 0.242. The third kappa shape index (κ3) is 7.57. The van der Waals surface area contributed by atoms with Crippen LogP contribution in [0.1, 0.15) is 60.3 Å². The maximum atomic E-state index is 13.1. The number of halogens is 1. The number of aliphatic hydroxyl groups is 1. The molecule has 1 aliphatic heterocycles. The van der Waals surface area contributed by atoms with Crippen molar-refractivity contribution < 1.29 is 24.2 Å². The van der Waals surface area contributed by atoms with Gasteiger partial charge in [0.15, 0.2) is 0 Å². The molecule has 41 heavy (non-hydrogen) atoms. The van der Waals surface area contributed by atoms with Gasteiger partial charge in [-0.05, 0) is 66.8 Å². The molecule has 0 aliphatic carbocycles. The molecule has 8 heteroatoms. The van der Waals surface area contributed by atoms with Crippen molar-refractivity contribution in [1.82, 2.24) is 0 Å². The highest BCUT2D eigenvalue weighted by Gasteiger charge is 2.34. The van der Waals surface area contributed by atoms with E-state index in [0.29, 0.717) is 28.4 Å². The van der Waals surface area contributed by atoms with Crippen molar-refractivity contribution in [2.45, 2.75) is 46.6 Å². The molecule has 0 saturated heterocycles. The van der Waals surface area contributed by atoms with Gasteiger partial charge >= 0.3 is 5.97 Å². The molecule has 4 rings (SSSR count). The number of carbonyl (C=O) groups is 2. The minimum Gasteiger partial charge on any atom is -0.506 e. The Labute approximate surface area is 253 Å². The molecule has 6 nitrogen and oxygen atoms in total. The van der Waals surface area contributed by atoms with Crippen molar-refractivity contribution >= 4 is 50.7 Å². The summed E-state index contributed by atoms with van der Waals surface area (Å²) in [5.74, 6) is -0.977. The lowest BCUT2D eigenvalue weighted by atomic mass is 9.87. The van der Waals surface area contributed by atoms with E-state index in [2.05, 4.69) is 41.7 Å². The van der Waals surface area contributed by atoms with Crippen LogP contribution in [0.4, 0.5) is 0 Å². The number of aliphatic imine (C=N–C) groups is 1. The van der Waals surface area contributed by atoms with Crippen molar-refractivity contribution in [1.29, 1.82) is 0 Å². The van der Waals surface area contributed by atoms with Gasteiger partial charge in [0, 0.05) is 15.6 Å². The maximum absolute atomic E-state index is 13.1. The molecule has 0 aromatic heterocycles. The number of thioether (sulfide) groups is 1.